The molecule has 0 aliphatic heterocycles. The molecule has 2 rings (SSSR count). The molecule has 0 amide bonds. The summed E-state index contributed by atoms with van der Waals surface area (Å²) in [5.41, 5.74) is 1.19. The Kier molecular flexibility index (Phi) is 2.21. The van der Waals surface area contributed by atoms with Crippen LogP contribution in [0.5, 0.6) is 0 Å². The van der Waals surface area contributed by atoms with Crippen molar-refractivity contribution < 1.29 is 14.3 Å². The highest BCUT2D eigenvalue weighted by atomic mass is 16.5. The first-order chi connectivity index (χ1) is 7.27. The molecule has 2 heterocycles. The average Bonchev–Trinajstić information content (AvgIpc) is 2.71. The summed E-state index contributed by atoms with van der Waals surface area (Å²) in [7, 11) is 1.30. The molecule has 5 nitrogen and oxygen atoms in total. The first-order valence-corrected chi connectivity index (χ1v) is 4.27. The van der Waals surface area contributed by atoms with E-state index < -0.39 is 5.97 Å². The second-order valence-electron chi connectivity index (χ2n) is 2.91. The number of imidazole rings is 1. The van der Waals surface area contributed by atoms with Crippen molar-refractivity contribution in [2.24, 2.45) is 0 Å². The highest BCUT2D eigenvalue weighted by molar-refractivity contribution is 5.91. The molecule has 15 heavy (non-hydrogen) atoms. The Bertz CT molecular complexity index is 530. The first-order valence-electron chi connectivity index (χ1n) is 4.27. The van der Waals surface area contributed by atoms with Crippen molar-refractivity contribution in [1.82, 2.24) is 9.38 Å². The fourth-order valence-electron chi connectivity index (χ4n) is 1.38. The minimum absolute atomic E-state index is 0.302. The molecule has 0 bridgehead atoms. The van der Waals surface area contributed by atoms with Crippen molar-refractivity contribution in [3.63, 3.8) is 0 Å². The molecule has 0 aromatic carbocycles. The van der Waals surface area contributed by atoms with Gasteiger partial charge in [-0.3, -0.25) is 9.20 Å². The van der Waals surface area contributed by atoms with Crippen LogP contribution in [0.2, 0.25) is 0 Å². The van der Waals surface area contributed by atoms with Gasteiger partial charge in [0.25, 0.3) is 0 Å². The zero-order chi connectivity index (χ0) is 10.8. The van der Waals surface area contributed by atoms with Gasteiger partial charge in [0.15, 0.2) is 12.0 Å². The molecule has 0 fully saturated rings. The fourth-order valence-corrected chi connectivity index (χ4v) is 1.38. The standard InChI is InChI=1S/C10H8N2O3/c1-15-10(14)8-5-11-9-7(6-13)3-2-4-12(8)9/h2-6H,1H3. The molecule has 0 saturated heterocycles. The van der Waals surface area contributed by atoms with E-state index in [1.54, 1.807) is 18.3 Å². The first kappa shape index (κ1) is 9.39. The van der Waals surface area contributed by atoms with Crippen LogP contribution in [0, 0.1) is 0 Å². The van der Waals surface area contributed by atoms with E-state index in [0.29, 0.717) is 23.2 Å². The Labute approximate surface area is 85.3 Å². The SMILES string of the molecule is COC(=O)c1cnc2c(C=O)cccn12. The number of nitrogens with zero attached hydrogens (tertiary/aromatic N) is 2. The summed E-state index contributed by atoms with van der Waals surface area (Å²) in [6.07, 6.45) is 3.74. The quantitative estimate of drug-likeness (QED) is 0.539. The predicted octanol–water partition coefficient (Wildman–Crippen LogP) is 0.933. The Balaban J connectivity index is 2.71. The third-order valence-electron chi connectivity index (χ3n) is 2.09. The molecule has 5 heteroatoms. The second kappa shape index (κ2) is 3.53. The fraction of sp³-hybridized carbons (Fsp3) is 0.100. The summed E-state index contributed by atoms with van der Waals surface area (Å²) < 4.78 is 6.11. The Morgan fingerprint density at radius 3 is 3.07 bits per heavy atom. The summed E-state index contributed by atoms with van der Waals surface area (Å²) in [6.45, 7) is 0. The number of aldehydes is 1. The third-order valence-corrected chi connectivity index (χ3v) is 2.09. The topological polar surface area (TPSA) is 60.7 Å². The van der Waals surface area contributed by atoms with E-state index in [-0.39, 0.29) is 0 Å². The van der Waals surface area contributed by atoms with Gasteiger partial charge >= 0.3 is 5.97 Å². The van der Waals surface area contributed by atoms with Crippen molar-refractivity contribution in [2.75, 3.05) is 7.11 Å². The zero-order valence-electron chi connectivity index (χ0n) is 8.01. The normalized spacial score (nSPS) is 10.2. The Hall–Kier alpha value is -2.17. The number of hydrogen-bond donors (Lipinski definition) is 0. The van der Waals surface area contributed by atoms with E-state index in [1.165, 1.54) is 17.7 Å². The van der Waals surface area contributed by atoms with Crippen molar-refractivity contribution >= 4 is 17.9 Å². The summed E-state index contributed by atoms with van der Waals surface area (Å²) in [6, 6.07) is 3.31. The van der Waals surface area contributed by atoms with Crippen LogP contribution < -0.4 is 0 Å². The monoisotopic (exact) mass is 204 g/mol. The van der Waals surface area contributed by atoms with Crippen LogP contribution in [-0.2, 0) is 4.74 Å². The molecular weight excluding hydrogens is 196 g/mol. The maximum Gasteiger partial charge on any atom is 0.356 e. The predicted molar refractivity (Wildman–Crippen MR) is 51.9 cm³/mol. The largest absolute Gasteiger partial charge is 0.464 e. The third kappa shape index (κ3) is 1.38. The number of methoxy groups -OCH3 is 1. The maximum atomic E-state index is 11.3. The number of hydrogen-bond acceptors (Lipinski definition) is 4. The number of carbonyl (C=O) groups is 2. The maximum absolute atomic E-state index is 11.3. The summed E-state index contributed by atoms with van der Waals surface area (Å²) in [5.74, 6) is -0.481. The van der Waals surface area contributed by atoms with Crippen molar-refractivity contribution in [1.29, 1.82) is 0 Å². The van der Waals surface area contributed by atoms with Crippen LogP contribution in [-0.4, -0.2) is 28.7 Å². The average molecular weight is 204 g/mol. The van der Waals surface area contributed by atoms with Crippen molar-refractivity contribution in [2.45, 2.75) is 0 Å². The molecule has 0 aliphatic carbocycles. The van der Waals surface area contributed by atoms with Crippen LogP contribution >= 0.6 is 0 Å². The molecule has 0 radical (unpaired) electrons. The van der Waals surface area contributed by atoms with Gasteiger partial charge in [-0.1, -0.05) is 0 Å². The minimum Gasteiger partial charge on any atom is -0.464 e. The van der Waals surface area contributed by atoms with E-state index >= 15 is 0 Å². The van der Waals surface area contributed by atoms with Crippen LogP contribution in [0.1, 0.15) is 20.8 Å². The molecular formula is C10H8N2O3. The van der Waals surface area contributed by atoms with Crippen LogP contribution in [0.4, 0.5) is 0 Å². The van der Waals surface area contributed by atoms with E-state index in [4.69, 9.17) is 0 Å². The molecule has 2 aromatic rings. The lowest BCUT2D eigenvalue weighted by molar-refractivity contribution is 0.0592. The number of ether oxygens (including phenoxy) is 1. The molecule has 0 atom stereocenters. The number of fused-ring (bicyclic) bond motifs is 1. The van der Waals surface area contributed by atoms with Crippen molar-refractivity contribution in [3.05, 3.63) is 35.8 Å². The molecule has 0 saturated carbocycles. The number of rotatable bonds is 2. The van der Waals surface area contributed by atoms with E-state index in [9.17, 15) is 9.59 Å². The highest BCUT2D eigenvalue weighted by Gasteiger charge is 2.13. The van der Waals surface area contributed by atoms with Gasteiger partial charge in [0, 0.05) is 6.20 Å². The molecule has 76 valence electrons. The number of aromatic nitrogens is 2. The minimum atomic E-state index is -0.481. The smallest absolute Gasteiger partial charge is 0.356 e. The van der Waals surface area contributed by atoms with Gasteiger partial charge in [-0.25, -0.2) is 9.78 Å². The molecule has 0 aliphatic rings. The molecule has 0 N–H and O–H groups in total. The lowest BCUT2D eigenvalue weighted by atomic mass is 10.3. The van der Waals surface area contributed by atoms with E-state index in [2.05, 4.69) is 9.72 Å². The molecule has 0 unspecified atom stereocenters. The number of carbonyl (C=O) groups excluding carboxylic acids is 2. The van der Waals surface area contributed by atoms with Gasteiger partial charge in [-0.2, -0.15) is 0 Å². The zero-order valence-corrected chi connectivity index (χ0v) is 8.01. The van der Waals surface area contributed by atoms with Gasteiger partial charge in [-0.05, 0) is 12.1 Å². The summed E-state index contributed by atoms with van der Waals surface area (Å²) in [5, 5.41) is 0. The lowest BCUT2D eigenvalue weighted by Gasteiger charge is -1.99. The summed E-state index contributed by atoms with van der Waals surface area (Å²) in [4.78, 5) is 26.0. The summed E-state index contributed by atoms with van der Waals surface area (Å²) >= 11 is 0. The van der Waals surface area contributed by atoms with Gasteiger partial charge in [0.1, 0.15) is 5.65 Å². The van der Waals surface area contributed by atoms with Gasteiger partial charge in [-0.15, -0.1) is 0 Å². The molecule has 0 spiro atoms. The lowest BCUT2D eigenvalue weighted by Crippen LogP contribution is -2.05. The van der Waals surface area contributed by atoms with Crippen LogP contribution in [0.15, 0.2) is 24.5 Å². The Morgan fingerprint density at radius 2 is 2.40 bits per heavy atom. The number of esters is 1. The van der Waals surface area contributed by atoms with Gasteiger partial charge in [0.2, 0.25) is 0 Å². The Morgan fingerprint density at radius 1 is 1.60 bits per heavy atom. The van der Waals surface area contributed by atoms with Crippen LogP contribution in [0.25, 0.3) is 5.65 Å². The van der Waals surface area contributed by atoms with E-state index in [0.717, 1.165) is 0 Å². The second-order valence-corrected chi connectivity index (χ2v) is 2.91. The van der Waals surface area contributed by atoms with Crippen molar-refractivity contribution in [3.8, 4) is 0 Å². The van der Waals surface area contributed by atoms with Gasteiger partial charge in [0.05, 0.1) is 18.9 Å². The highest BCUT2D eigenvalue weighted by Crippen LogP contribution is 2.10. The van der Waals surface area contributed by atoms with Crippen LogP contribution in [0.3, 0.4) is 0 Å². The van der Waals surface area contributed by atoms with Gasteiger partial charge < -0.3 is 4.74 Å². The number of pyridine rings is 1. The van der Waals surface area contributed by atoms with E-state index in [1.807, 2.05) is 0 Å². The molecule has 2 aromatic heterocycles.